The zero-order valence-corrected chi connectivity index (χ0v) is 12.2. The van der Waals surface area contributed by atoms with E-state index < -0.39 is 0 Å². The van der Waals surface area contributed by atoms with Crippen LogP contribution in [0.3, 0.4) is 0 Å². The molecule has 1 aromatic heterocycles. The Labute approximate surface area is 133 Å². The largest absolute Gasteiger partial charge is 0.508 e. The highest BCUT2D eigenvalue weighted by Gasteiger charge is 2.13. The molecule has 2 N–H and O–H groups in total. The van der Waals surface area contributed by atoms with Crippen LogP contribution in [0.25, 0.3) is 33.4 Å². The molecule has 112 valence electrons. The van der Waals surface area contributed by atoms with Gasteiger partial charge in [0.1, 0.15) is 22.8 Å². The molecule has 3 nitrogen and oxygen atoms in total. The highest BCUT2D eigenvalue weighted by Crippen LogP contribution is 2.37. The highest BCUT2D eigenvalue weighted by atomic mass is 16.3. The smallest absolute Gasteiger partial charge is 0.136 e. The standard InChI is InChI=1S/C20H14O3/c21-15-7-9-19-14(10-15)11-20(23-19)17-8-6-16(22)12-18(17)13-4-2-1-3-5-13/h1-12,21-22H. The van der Waals surface area contributed by atoms with Crippen LogP contribution in [0.15, 0.2) is 77.2 Å². The van der Waals surface area contributed by atoms with Crippen LogP contribution in [-0.2, 0) is 0 Å². The summed E-state index contributed by atoms with van der Waals surface area (Å²) in [6.45, 7) is 0. The quantitative estimate of drug-likeness (QED) is 0.536. The molecule has 1 heterocycles. The van der Waals surface area contributed by atoms with Gasteiger partial charge in [-0.2, -0.15) is 0 Å². The molecule has 4 rings (SSSR count). The molecule has 0 saturated heterocycles. The van der Waals surface area contributed by atoms with E-state index in [4.69, 9.17) is 4.42 Å². The van der Waals surface area contributed by atoms with Gasteiger partial charge in [0.25, 0.3) is 0 Å². The summed E-state index contributed by atoms with van der Waals surface area (Å²) in [4.78, 5) is 0. The van der Waals surface area contributed by atoms with Crippen molar-refractivity contribution in [2.24, 2.45) is 0 Å². The summed E-state index contributed by atoms with van der Waals surface area (Å²) in [5.41, 5.74) is 3.50. The molecule has 0 bridgehead atoms. The van der Waals surface area contributed by atoms with Gasteiger partial charge in [-0.15, -0.1) is 0 Å². The Bertz CT molecular complexity index is 984. The second-order valence-corrected chi connectivity index (χ2v) is 5.43. The number of benzene rings is 3. The Kier molecular flexibility index (Phi) is 3.05. The van der Waals surface area contributed by atoms with Gasteiger partial charge in [-0.25, -0.2) is 0 Å². The summed E-state index contributed by atoms with van der Waals surface area (Å²) in [5.74, 6) is 1.12. The average molecular weight is 302 g/mol. The Balaban J connectivity index is 1.94. The summed E-state index contributed by atoms with van der Waals surface area (Å²) < 4.78 is 5.92. The molecule has 0 fully saturated rings. The number of phenols is 2. The van der Waals surface area contributed by atoms with E-state index in [-0.39, 0.29) is 11.5 Å². The van der Waals surface area contributed by atoms with E-state index in [1.165, 1.54) is 0 Å². The van der Waals surface area contributed by atoms with E-state index in [1.807, 2.05) is 42.5 Å². The van der Waals surface area contributed by atoms with Gasteiger partial charge in [-0.05, 0) is 53.6 Å². The maximum absolute atomic E-state index is 9.86. The number of hydrogen-bond donors (Lipinski definition) is 2. The monoisotopic (exact) mass is 302 g/mol. The molecule has 0 spiro atoms. The lowest BCUT2D eigenvalue weighted by molar-refractivity contribution is 0.475. The summed E-state index contributed by atoms with van der Waals surface area (Å²) in [6, 6.07) is 22.0. The number of fused-ring (bicyclic) bond motifs is 1. The van der Waals surface area contributed by atoms with Gasteiger partial charge in [0, 0.05) is 10.9 Å². The van der Waals surface area contributed by atoms with Crippen molar-refractivity contribution in [1.29, 1.82) is 0 Å². The minimum absolute atomic E-state index is 0.207. The van der Waals surface area contributed by atoms with Crippen LogP contribution in [0.2, 0.25) is 0 Å². The van der Waals surface area contributed by atoms with E-state index in [0.717, 1.165) is 22.1 Å². The first-order valence-corrected chi connectivity index (χ1v) is 7.32. The molecule has 23 heavy (non-hydrogen) atoms. The maximum atomic E-state index is 9.86. The van der Waals surface area contributed by atoms with Crippen molar-refractivity contribution in [3.05, 3.63) is 72.8 Å². The van der Waals surface area contributed by atoms with Gasteiger partial charge in [-0.1, -0.05) is 30.3 Å². The molecule has 3 heteroatoms. The summed E-state index contributed by atoms with van der Waals surface area (Å²) >= 11 is 0. The first-order valence-electron chi connectivity index (χ1n) is 7.32. The van der Waals surface area contributed by atoms with Crippen molar-refractivity contribution >= 4 is 11.0 Å². The summed E-state index contributed by atoms with van der Waals surface area (Å²) in [5, 5.41) is 20.3. The first kappa shape index (κ1) is 13.5. The SMILES string of the molecule is Oc1ccc(-c2cc3cc(O)ccc3o2)c(-c2ccccc2)c1. The van der Waals surface area contributed by atoms with Crippen molar-refractivity contribution in [3.8, 4) is 33.9 Å². The fourth-order valence-electron chi connectivity index (χ4n) is 2.77. The third-order valence-corrected chi connectivity index (χ3v) is 3.85. The minimum Gasteiger partial charge on any atom is -0.508 e. The number of aromatic hydroxyl groups is 2. The molecule has 0 amide bonds. The fraction of sp³-hybridized carbons (Fsp3) is 0. The van der Waals surface area contributed by atoms with Crippen LogP contribution in [0.5, 0.6) is 11.5 Å². The van der Waals surface area contributed by atoms with E-state index in [0.29, 0.717) is 11.3 Å². The third-order valence-electron chi connectivity index (χ3n) is 3.85. The van der Waals surface area contributed by atoms with Crippen LogP contribution < -0.4 is 0 Å². The fourth-order valence-corrected chi connectivity index (χ4v) is 2.77. The minimum atomic E-state index is 0.207. The van der Waals surface area contributed by atoms with Crippen LogP contribution in [0.4, 0.5) is 0 Å². The number of furan rings is 1. The molecule has 0 saturated carbocycles. The van der Waals surface area contributed by atoms with Gasteiger partial charge in [0.2, 0.25) is 0 Å². The molecule has 0 atom stereocenters. The molecular weight excluding hydrogens is 288 g/mol. The lowest BCUT2D eigenvalue weighted by Gasteiger charge is -2.08. The Morgan fingerprint density at radius 3 is 2.22 bits per heavy atom. The van der Waals surface area contributed by atoms with E-state index in [2.05, 4.69) is 0 Å². The van der Waals surface area contributed by atoms with E-state index in [1.54, 1.807) is 30.3 Å². The molecule has 4 aromatic rings. The first-order chi connectivity index (χ1) is 11.2. The van der Waals surface area contributed by atoms with Gasteiger partial charge < -0.3 is 14.6 Å². The van der Waals surface area contributed by atoms with Crippen molar-refractivity contribution in [2.45, 2.75) is 0 Å². The predicted molar refractivity (Wildman–Crippen MR) is 90.4 cm³/mol. The molecule has 0 aliphatic heterocycles. The van der Waals surface area contributed by atoms with Crippen LogP contribution in [-0.4, -0.2) is 10.2 Å². The molecule has 0 aliphatic rings. The number of phenolic OH excluding ortho intramolecular Hbond substituents is 2. The summed E-state index contributed by atoms with van der Waals surface area (Å²) in [7, 11) is 0. The second kappa shape index (κ2) is 5.21. The Morgan fingerprint density at radius 2 is 1.39 bits per heavy atom. The molecular formula is C20H14O3. The molecule has 0 unspecified atom stereocenters. The van der Waals surface area contributed by atoms with Crippen molar-refractivity contribution in [1.82, 2.24) is 0 Å². The average Bonchev–Trinajstić information content (AvgIpc) is 2.98. The van der Waals surface area contributed by atoms with Crippen LogP contribution in [0, 0.1) is 0 Å². The third kappa shape index (κ3) is 2.42. The van der Waals surface area contributed by atoms with Crippen molar-refractivity contribution in [3.63, 3.8) is 0 Å². The second-order valence-electron chi connectivity index (χ2n) is 5.43. The van der Waals surface area contributed by atoms with E-state index >= 15 is 0 Å². The Morgan fingerprint density at radius 1 is 0.652 bits per heavy atom. The van der Waals surface area contributed by atoms with Crippen LogP contribution in [0.1, 0.15) is 0 Å². The predicted octanol–water partition coefficient (Wildman–Crippen LogP) is 5.18. The van der Waals surface area contributed by atoms with Crippen molar-refractivity contribution < 1.29 is 14.6 Å². The lowest BCUT2D eigenvalue weighted by Crippen LogP contribution is -1.83. The van der Waals surface area contributed by atoms with Gasteiger partial charge >= 0.3 is 0 Å². The van der Waals surface area contributed by atoms with Gasteiger partial charge in [0.05, 0.1) is 0 Å². The summed E-state index contributed by atoms with van der Waals surface area (Å²) in [6.07, 6.45) is 0. The van der Waals surface area contributed by atoms with Gasteiger partial charge in [0.15, 0.2) is 0 Å². The van der Waals surface area contributed by atoms with Crippen molar-refractivity contribution in [2.75, 3.05) is 0 Å². The van der Waals surface area contributed by atoms with Crippen LogP contribution >= 0.6 is 0 Å². The topological polar surface area (TPSA) is 53.6 Å². The zero-order chi connectivity index (χ0) is 15.8. The maximum Gasteiger partial charge on any atom is 0.136 e. The highest BCUT2D eigenvalue weighted by molar-refractivity contribution is 5.89. The molecule has 3 aromatic carbocycles. The Hall–Kier alpha value is -3.20. The van der Waals surface area contributed by atoms with Gasteiger partial charge in [-0.3, -0.25) is 0 Å². The normalized spacial score (nSPS) is 11.0. The lowest BCUT2D eigenvalue weighted by atomic mass is 9.97. The number of hydrogen-bond acceptors (Lipinski definition) is 3. The molecule has 0 radical (unpaired) electrons. The number of rotatable bonds is 2. The zero-order valence-electron chi connectivity index (χ0n) is 12.2. The van der Waals surface area contributed by atoms with E-state index in [9.17, 15) is 10.2 Å². The molecule has 0 aliphatic carbocycles.